The van der Waals surface area contributed by atoms with Crippen LogP contribution in [-0.4, -0.2) is 32.4 Å². The Morgan fingerprint density at radius 3 is 2.42 bits per heavy atom. The summed E-state index contributed by atoms with van der Waals surface area (Å²) in [6.07, 6.45) is 0.663. The molecule has 0 radical (unpaired) electrons. The highest BCUT2D eigenvalue weighted by atomic mass is 32.2. The first-order valence-electron chi connectivity index (χ1n) is 7.97. The molecule has 0 saturated carbocycles. The lowest BCUT2D eigenvalue weighted by Crippen LogP contribution is -2.42. The molecule has 6 heteroatoms. The monoisotopic (exact) mass is 349 g/mol. The van der Waals surface area contributed by atoms with Crippen molar-refractivity contribution >= 4 is 10.0 Å². The molecule has 2 aromatic carbocycles. The van der Waals surface area contributed by atoms with Crippen molar-refractivity contribution in [3.05, 3.63) is 65.5 Å². The second kappa shape index (κ2) is 7.01. The third-order valence-corrected chi connectivity index (χ3v) is 6.12. The van der Waals surface area contributed by atoms with E-state index in [1.54, 1.807) is 0 Å². The van der Waals surface area contributed by atoms with Gasteiger partial charge in [-0.25, -0.2) is 12.8 Å². The molecule has 0 aliphatic carbocycles. The van der Waals surface area contributed by atoms with Crippen LogP contribution in [-0.2, 0) is 21.2 Å². The molecule has 128 valence electrons. The van der Waals surface area contributed by atoms with E-state index < -0.39 is 15.8 Å². The molecule has 1 saturated heterocycles. The number of benzene rings is 2. The summed E-state index contributed by atoms with van der Waals surface area (Å²) < 4.78 is 45.6. The number of hydrogen-bond donors (Lipinski definition) is 0. The Labute approximate surface area is 141 Å². The topological polar surface area (TPSA) is 46.6 Å². The highest BCUT2D eigenvalue weighted by molar-refractivity contribution is 7.89. The van der Waals surface area contributed by atoms with Crippen molar-refractivity contribution in [2.45, 2.75) is 24.3 Å². The van der Waals surface area contributed by atoms with Crippen LogP contribution in [0.2, 0.25) is 0 Å². The maximum Gasteiger partial charge on any atom is 0.243 e. The molecule has 1 aliphatic heterocycles. The molecule has 0 bridgehead atoms. The van der Waals surface area contributed by atoms with Crippen molar-refractivity contribution in [3.8, 4) is 0 Å². The molecular formula is C18H20FNO3S. The molecule has 0 N–H and O–H groups in total. The summed E-state index contributed by atoms with van der Waals surface area (Å²) in [6, 6.07) is 13.0. The van der Waals surface area contributed by atoms with E-state index in [1.807, 2.05) is 24.3 Å². The zero-order valence-corrected chi connectivity index (χ0v) is 14.3. The van der Waals surface area contributed by atoms with Gasteiger partial charge in [-0.1, -0.05) is 31.2 Å². The first-order chi connectivity index (χ1) is 11.5. The summed E-state index contributed by atoms with van der Waals surface area (Å²) in [5.74, 6) is -0.454. The Morgan fingerprint density at radius 2 is 1.79 bits per heavy atom. The lowest BCUT2D eigenvalue weighted by atomic mass is 10.1. The second-order valence-corrected chi connectivity index (χ2v) is 7.71. The van der Waals surface area contributed by atoms with Gasteiger partial charge in [0.2, 0.25) is 10.0 Å². The molecule has 1 aliphatic rings. The number of ether oxygens (including phenoxy) is 1. The molecule has 1 unspecified atom stereocenters. The molecule has 1 atom stereocenters. The average Bonchev–Trinajstić information content (AvgIpc) is 2.62. The van der Waals surface area contributed by atoms with Crippen LogP contribution in [0, 0.1) is 5.82 Å². The third-order valence-electron chi connectivity index (χ3n) is 4.24. The Kier molecular flexibility index (Phi) is 4.99. The van der Waals surface area contributed by atoms with Crippen LogP contribution >= 0.6 is 0 Å². The fourth-order valence-electron chi connectivity index (χ4n) is 2.77. The molecule has 0 aromatic heterocycles. The molecule has 1 fully saturated rings. The van der Waals surface area contributed by atoms with Crippen LogP contribution in [0.1, 0.15) is 24.2 Å². The molecule has 3 rings (SSSR count). The van der Waals surface area contributed by atoms with Gasteiger partial charge in [0, 0.05) is 13.1 Å². The fraction of sp³-hybridized carbons (Fsp3) is 0.333. The number of rotatable bonds is 4. The van der Waals surface area contributed by atoms with Crippen molar-refractivity contribution in [1.29, 1.82) is 0 Å². The van der Waals surface area contributed by atoms with E-state index in [9.17, 15) is 12.8 Å². The Balaban J connectivity index is 1.80. The standard InChI is InChI=1S/C18H20FNO3S/c1-2-14-3-5-15(6-4-14)18-13-20(11-12-23-18)24(21,22)17-9-7-16(19)8-10-17/h3-10,18H,2,11-13H2,1H3. The Morgan fingerprint density at radius 1 is 1.12 bits per heavy atom. The minimum Gasteiger partial charge on any atom is -0.371 e. The number of aryl methyl sites for hydroxylation is 1. The lowest BCUT2D eigenvalue weighted by molar-refractivity contribution is -0.00256. The fourth-order valence-corrected chi connectivity index (χ4v) is 4.19. The Hall–Kier alpha value is -1.76. The van der Waals surface area contributed by atoms with Gasteiger partial charge in [-0.15, -0.1) is 0 Å². The predicted molar refractivity (Wildman–Crippen MR) is 89.7 cm³/mol. The van der Waals surface area contributed by atoms with Crippen molar-refractivity contribution < 1.29 is 17.5 Å². The van der Waals surface area contributed by atoms with Crippen LogP contribution in [0.5, 0.6) is 0 Å². The molecule has 4 nitrogen and oxygen atoms in total. The number of halogens is 1. The smallest absolute Gasteiger partial charge is 0.243 e. The highest BCUT2D eigenvalue weighted by Crippen LogP contribution is 2.27. The Bertz CT molecular complexity index is 788. The van der Waals surface area contributed by atoms with E-state index in [4.69, 9.17) is 4.74 Å². The molecule has 24 heavy (non-hydrogen) atoms. The zero-order chi connectivity index (χ0) is 17.2. The van der Waals surface area contributed by atoms with Gasteiger partial charge in [0.15, 0.2) is 0 Å². The lowest BCUT2D eigenvalue weighted by Gasteiger charge is -2.32. The summed E-state index contributed by atoms with van der Waals surface area (Å²) in [5, 5.41) is 0. The maximum atomic E-state index is 13.0. The number of hydrogen-bond acceptors (Lipinski definition) is 3. The van der Waals surface area contributed by atoms with E-state index in [0.717, 1.165) is 24.1 Å². The van der Waals surface area contributed by atoms with Gasteiger partial charge in [-0.05, 0) is 41.8 Å². The third kappa shape index (κ3) is 3.50. The molecule has 2 aromatic rings. The van der Waals surface area contributed by atoms with Gasteiger partial charge in [-0.3, -0.25) is 0 Å². The van der Waals surface area contributed by atoms with E-state index in [1.165, 1.54) is 22.0 Å². The van der Waals surface area contributed by atoms with Crippen molar-refractivity contribution in [3.63, 3.8) is 0 Å². The molecule has 0 spiro atoms. The summed E-state index contributed by atoms with van der Waals surface area (Å²) >= 11 is 0. The first kappa shape index (κ1) is 17.1. The van der Waals surface area contributed by atoms with E-state index in [0.29, 0.717) is 13.2 Å². The zero-order valence-electron chi connectivity index (χ0n) is 13.5. The van der Waals surface area contributed by atoms with Crippen LogP contribution in [0.25, 0.3) is 0 Å². The van der Waals surface area contributed by atoms with Crippen LogP contribution < -0.4 is 0 Å². The summed E-state index contributed by atoms with van der Waals surface area (Å²) in [7, 11) is -3.65. The van der Waals surface area contributed by atoms with Crippen LogP contribution in [0.3, 0.4) is 0 Å². The largest absolute Gasteiger partial charge is 0.371 e. The minimum atomic E-state index is -3.65. The SMILES string of the molecule is CCc1ccc(C2CN(S(=O)(=O)c3ccc(F)cc3)CCO2)cc1. The van der Waals surface area contributed by atoms with Gasteiger partial charge in [0.25, 0.3) is 0 Å². The molecular weight excluding hydrogens is 329 g/mol. The number of nitrogens with zero attached hydrogens (tertiary/aromatic N) is 1. The maximum absolute atomic E-state index is 13.0. The van der Waals surface area contributed by atoms with E-state index in [2.05, 4.69) is 6.92 Å². The first-order valence-corrected chi connectivity index (χ1v) is 9.41. The van der Waals surface area contributed by atoms with Gasteiger partial charge in [0.05, 0.1) is 17.6 Å². The number of morpholine rings is 1. The number of sulfonamides is 1. The van der Waals surface area contributed by atoms with Gasteiger partial charge in [-0.2, -0.15) is 4.31 Å². The van der Waals surface area contributed by atoms with Crippen molar-refractivity contribution in [2.24, 2.45) is 0 Å². The van der Waals surface area contributed by atoms with Gasteiger partial charge >= 0.3 is 0 Å². The average molecular weight is 349 g/mol. The van der Waals surface area contributed by atoms with Crippen molar-refractivity contribution in [1.82, 2.24) is 4.31 Å². The van der Waals surface area contributed by atoms with Gasteiger partial charge in [0.1, 0.15) is 5.82 Å². The van der Waals surface area contributed by atoms with E-state index >= 15 is 0 Å². The van der Waals surface area contributed by atoms with Crippen molar-refractivity contribution in [2.75, 3.05) is 19.7 Å². The van der Waals surface area contributed by atoms with Gasteiger partial charge < -0.3 is 4.74 Å². The second-order valence-electron chi connectivity index (χ2n) is 5.77. The van der Waals surface area contributed by atoms with Crippen LogP contribution in [0.15, 0.2) is 53.4 Å². The van der Waals surface area contributed by atoms with Crippen LogP contribution in [0.4, 0.5) is 4.39 Å². The molecule has 1 heterocycles. The van der Waals surface area contributed by atoms with E-state index in [-0.39, 0.29) is 17.5 Å². The normalized spacial score (nSPS) is 19.3. The minimum absolute atomic E-state index is 0.103. The highest BCUT2D eigenvalue weighted by Gasteiger charge is 2.31. The summed E-state index contributed by atoms with van der Waals surface area (Å²) in [6.45, 7) is 2.97. The predicted octanol–water partition coefficient (Wildman–Crippen LogP) is 3.15. The summed E-state index contributed by atoms with van der Waals surface area (Å²) in [5.41, 5.74) is 2.19. The quantitative estimate of drug-likeness (QED) is 0.852. The molecule has 0 amide bonds. The summed E-state index contributed by atoms with van der Waals surface area (Å²) in [4.78, 5) is 0.103.